The summed E-state index contributed by atoms with van der Waals surface area (Å²) in [6.45, 7) is 0.159. The van der Waals surface area contributed by atoms with Gasteiger partial charge in [0, 0.05) is 6.54 Å². The van der Waals surface area contributed by atoms with Crippen LogP contribution in [0.3, 0.4) is 0 Å². The van der Waals surface area contributed by atoms with E-state index in [9.17, 15) is 13.5 Å². The van der Waals surface area contributed by atoms with Crippen molar-refractivity contribution in [3.63, 3.8) is 0 Å². The first kappa shape index (κ1) is 11.9. The van der Waals surface area contributed by atoms with Gasteiger partial charge in [0.1, 0.15) is 0 Å². The summed E-state index contributed by atoms with van der Waals surface area (Å²) in [5, 5.41) is 10.1. The Morgan fingerprint density at radius 1 is 1.21 bits per heavy atom. The lowest BCUT2D eigenvalue weighted by Gasteiger charge is -2.26. The van der Waals surface area contributed by atoms with Crippen LogP contribution in [-0.4, -0.2) is 31.9 Å². The van der Waals surface area contributed by atoms with Gasteiger partial charge in [0.2, 0.25) is 10.0 Å². The van der Waals surface area contributed by atoms with E-state index in [0.29, 0.717) is 12.8 Å². The highest BCUT2D eigenvalue weighted by molar-refractivity contribution is 7.88. The topological polar surface area (TPSA) is 66.4 Å². The highest BCUT2D eigenvalue weighted by Crippen LogP contribution is 2.26. The molecule has 1 rings (SSSR count). The van der Waals surface area contributed by atoms with Crippen LogP contribution in [0.5, 0.6) is 0 Å². The molecule has 0 amide bonds. The van der Waals surface area contributed by atoms with Crippen molar-refractivity contribution in [3.05, 3.63) is 0 Å². The van der Waals surface area contributed by atoms with E-state index in [0.717, 1.165) is 31.9 Å². The maximum absolute atomic E-state index is 10.9. The lowest BCUT2D eigenvalue weighted by Crippen LogP contribution is -2.42. The van der Waals surface area contributed by atoms with Crippen molar-refractivity contribution in [1.82, 2.24) is 4.72 Å². The molecule has 0 aromatic heterocycles. The monoisotopic (exact) mass is 221 g/mol. The SMILES string of the molecule is CS(=O)(=O)NCC1(O)CCCCCC1. The molecule has 1 saturated carbocycles. The molecule has 0 radical (unpaired) electrons. The van der Waals surface area contributed by atoms with Crippen LogP contribution in [0.15, 0.2) is 0 Å². The zero-order valence-corrected chi connectivity index (χ0v) is 9.44. The number of nitrogens with one attached hydrogen (secondary N) is 1. The van der Waals surface area contributed by atoms with Crippen LogP contribution in [0.2, 0.25) is 0 Å². The molecule has 1 aliphatic carbocycles. The zero-order valence-electron chi connectivity index (χ0n) is 8.62. The Bertz CT molecular complexity index is 266. The molecule has 2 N–H and O–H groups in total. The summed E-state index contributed by atoms with van der Waals surface area (Å²) < 4.78 is 24.1. The fourth-order valence-electron chi connectivity index (χ4n) is 1.83. The summed E-state index contributed by atoms with van der Waals surface area (Å²) in [5.41, 5.74) is -0.820. The minimum atomic E-state index is -3.18. The van der Waals surface area contributed by atoms with E-state index in [1.54, 1.807) is 0 Å². The van der Waals surface area contributed by atoms with E-state index in [1.165, 1.54) is 0 Å². The second-order valence-corrected chi connectivity index (χ2v) is 6.06. The van der Waals surface area contributed by atoms with Gasteiger partial charge in [-0.15, -0.1) is 0 Å². The Hall–Kier alpha value is -0.130. The normalized spacial score (nSPS) is 23.0. The van der Waals surface area contributed by atoms with Crippen LogP contribution >= 0.6 is 0 Å². The molecule has 0 heterocycles. The summed E-state index contributed by atoms with van der Waals surface area (Å²) in [6.07, 6.45) is 6.78. The van der Waals surface area contributed by atoms with Crippen LogP contribution in [0.4, 0.5) is 0 Å². The molecule has 0 bridgehead atoms. The molecule has 0 saturated heterocycles. The summed E-state index contributed by atoms with van der Waals surface area (Å²) in [4.78, 5) is 0. The van der Waals surface area contributed by atoms with E-state index in [-0.39, 0.29) is 6.54 Å². The van der Waals surface area contributed by atoms with Crippen molar-refractivity contribution in [2.75, 3.05) is 12.8 Å². The Kier molecular flexibility index (Phi) is 3.92. The van der Waals surface area contributed by atoms with Crippen molar-refractivity contribution in [1.29, 1.82) is 0 Å². The number of aliphatic hydroxyl groups is 1. The number of hydrogen-bond donors (Lipinski definition) is 2. The van der Waals surface area contributed by atoms with Crippen molar-refractivity contribution < 1.29 is 13.5 Å². The molecule has 0 aromatic rings. The number of rotatable bonds is 3. The van der Waals surface area contributed by atoms with Crippen LogP contribution in [0, 0.1) is 0 Å². The van der Waals surface area contributed by atoms with Crippen molar-refractivity contribution >= 4 is 10.0 Å². The third-order valence-corrected chi connectivity index (χ3v) is 3.37. The fraction of sp³-hybridized carbons (Fsp3) is 1.00. The molecule has 14 heavy (non-hydrogen) atoms. The van der Waals surface area contributed by atoms with Gasteiger partial charge in [-0.05, 0) is 12.8 Å². The molecule has 5 heteroatoms. The summed E-state index contributed by atoms with van der Waals surface area (Å²) in [5.74, 6) is 0. The van der Waals surface area contributed by atoms with Gasteiger partial charge in [-0.3, -0.25) is 0 Å². The first-order valence-corrected chi connectivity index (χ1v) is 6.97. The van der Waals surface area contributed by atoms with E-state index in [1.807, 2.05) is 0 Å². The predicted octanol–water partition coefficient (Wildman–Crippen LogP) is 0.621. The largest absolute Gasteiger partial charge is 0.389 e. The Morgan fingerprint density at radius 2 is 1.71 bits per heavy atom. The van der Waals surface area contributed by atoms with Gasteiger partial charge in [0.25, 0.3) is 0 Å². The maximum Gasteiger partial charge on any atom is 0.208 e. The zero-order chi connectivity index (χ0) is 10.7. The molecule has 4 nitrogen and oxygen atoms in total. The van der Waals surface area contributed by atoms with Crippen LogP contribution in [0.25, 0.3) is 0 Å². The molecule has 0 atom stereocenters. The van der Waals surface area contributed by atoms with E-state index in [4.69, 9.17) is 0 Å². The average molecular weight is 221 g/mol. The summed E-state index contributed by atoms with van der Waals surface area (Å²) in [7, 11) is -3.18. The molecule has 0 unspecified atom stereocenters. The minimum absolute atomic E-state index is 0.159. The van der Waals surface area contributed by atoms with Crippen LogP contribution in [-0.2, 0) is 10.0 Å². The lowest BCUT2D eigenvalue weighted by molar-refractivity contribution is 0.0303. The summed E-state index contributed by atoms with van der Waals surface area (Å²) in [6, 6.07) is 0. The Labute approximate surface area is 85.8 Å². The van der Waals surface area contributed by atoms with Crippen LogP contribution in [0.1, 0.15) is 38.5 Å². The molecule has 84 valence electrons. The van der Waals surface area contributed by atoms with Gasteiger partial charge in [-0.2, -0.15) is 0 Å². The minimum Gasteiger partial charge on any atom is -0.389 e. The second-order valence-electron chi connectivity index (χ2n) is 4.23. The fourth-order valence-corrected chi connectivity index (χ4v) is 2.36. The summed E-state index contributed by atoms with van der Waals surface area (Å²) >= 11 is 0. The molecular formula is C9H19NO3S. The third kappa shape index (κ3) is 4.39. The van der Waals surface area contributed by atoms with Gasteiger partial charge in [-0.1, -0.05) is 25.7 Å². The van der Waals surface area contributed by atoms with E-state index in [2.05, 4.69) is 4.72 Å². The van der Waals surface area contributed by atoms with Crippen molar-refractivity contribution in [3.8, 4) is 0 Å². The Morgan fingerprint density at radius 3 is 2.14 bits per heavy atom. The van der Waals surface area contributed by atoms with Gasteiger partial charge in [0.05, 0.1) is 11.9 Å². The molecule has 1 aliphatic rings. The van der Waals surface area contributed by atoms with E-state index < -0.39 is 15.6 Å². The molecule has 0 spiro atoms. The standard InChI is InChI=1S/C9H19NO3S/c1-14(12,13)10-8-9(11)6-4-2-3-5-7-9/h10-11H,2-8H2,1H3. The maximum atomic E-state index is 10.9. The van der Waals surface area contributed by atoms with Gasteiger partial charge < -0.3 is 5.11 Å². The van der Waals surface area contributed by atoms with Crippen molar-refractivity contribution in [2.45, 2.75) is 44.1 Å². The molecular weight excluding hydrogens is 202 g/mol. The third-order valence-electron chi connectivity index (χ3n) is 2.70. The highest BCUT2D eigenvalue weighted by Gasteiger charge is 2.28. The highest BCUT2D eigenvalue weighted by atomic mass is 32.2. The van der Waals surface area contributed by atoms with Gasteiger partial charge in [0.15, 0.2) is 0 Å². The Balaban J connectivity index is 2.47. The quantitative estimate of drug-likeness (QED) is 0.687. The molecule has 0 aliphatic heterocycles. The smallest absolute Gasteiger partial charge is 0.208 e. The number of sulfonamides is 1. The van der Waals surface area contributed by atoms with E-state index >= 15 is 0 Å². The van der Waals surface area contributed by atoms with Gasteiger partial charge >= 0.3 is 0 Å². The first-order chi connectivity index (χ1) is 6.41. The van der Waals surface area contributed by atoms with Gasteiger partial charge in [-0.25, -0.2) is 13.1 Å². The second kappa shape index (κ2) is 4.59. The lowest BCUT2D eigenvalue weighted by atomic mass is 9.95. The van der Waals surface area contributed by atoms with Crippen LogP contribution < -0.4 is 4.72 Å². The average Bonchev–Trinajstić information content (AvgIpc) is 2.27. The van der Waals surface area contributed by atoms with Crippen molar-refractivity contribution in [2.24, 2.45) is 0 Å². The predicted molar refractivity (Wildman–Crippen MR) is 55.5 cm³/mol. The molecule has 1 fully saturated rings. The molecule has 0 aromatic carbocycles. The number of hydrogen-bond acceptors (Lipinski definition) is 3. The first-order valence-electron chi connectivity index (χ1n) is 5.08.